The Morgan fingerprint density at radius 2 is 1.91 bits per heavy atom. The fourth-order valence-corrected chi connectivity index (χ4v) is 4.82. The van der Waals surface area contributed by atoms with Gasteiger partial charge in [0.15, 0.2) is 10.8 Å². The Labute approximate surface area is 191 Å². The van der Waals surface area contributed by atoms with E-state index in [9.17, 15) is 0 Å². The zero-order valence-corrected chi connectivity index (χ0v) is 19.4. The summed E-state index contributed by atoms with van der Waals surface area (Å²) in [5.74, 6) is 2.28. The van der Waals surface area contributed by atoms with Crippen molar-refractivity contribution in [2.24, 2.45) is 0 Å². The molecule has 32 heavy (non-hydrogen) atoms. The molecule has 4 aromatic rings. The van der Waals surface area contributed by atoms with Gasteiger partial charge >= 0.3 is 0 Å². The molecule has 0 bridgehead atoms. The number of pyridine rings is 1. The van der Waals surface area contributed by atoms with Crippen molar-refractivity contribution in [3.63, 3.8) is 0 Å². The van der Waals surface area contributed by atoms with E-state index >= 15 is 0 Å². The molecule has 0 N–H and O–H groups in total. The van der Waals surface area contributed by atoms with Crippen molar-refractivity contribution < 1.29 is 9.47 Å². The third-order valence-electron chi connectivity index (χ3n) is 5.20. The lowest BCUT2D eigenvalue weighted by molar-refractivity contribution is 0.233. The monoisotopic (exact) mass is 447 g/mol. The maximum atomic E-state index is 6.05. The van der Waals surface area contributed by atoms with Gasteiger partial charge in [0.05, 0.1) is 18.4 Å². The minimum Gasteiger partial charge on any atom is -0.493 e. The van der Waals surface area contributed by atoms with Crippen LogP contribution in [0.4, 0.5) is 0 Å². The number of benzene rings is 1. The van der Waals surface area contributed by atoms with Crippen LogP contribution >= 0.6 is 11.3 Å². The third-order valence-corrected chi connectivity index (χ3v) is 6.31. The van der Waals surface area contributed by atoms with Gasteiger partial charge in [-0.25, -0.2) is 19.6 Å². The summed E-state index contributed by atoms with van der Waals surface area (Å²) in [4.78, 5) is 15.0. The largest absolute Gasteiger partial charge is 0.493 e. The maximum absolute atomic E-state index is 6.05. The summed E-state index contributed by atoms with van der Waals surface area (Å²) in [6, 6.07) is 10.4. The van der Waals surface area contributed by atoms with Crippen LogP contribution in [-0.4, -0.2) is 37.4 Å². The van der Waals surface area contributed by atoms with Crippen molar-refractivity contribution in [2.75, 3.05) is 6.61 Å². The summed E-state index contributed by atoms with van der Waals surface area (Å²) in [5.41, 5.74) is 4.07. The molecule has 7 nitrogen and oxygen atoms in total. The van der Waals surface area contributed by atoms with E-state index in [2.05, 4.69) is 41.0 Å². The molecule has 3 aromatic heterocycles. The molecule has 0 fully saturated rings. The van der Waals surface area contributed by atoms with Crippen LogP contribution in [0.15, 0.2) is 42.9 Å². The van der Waals surface area contributed by atoms with Crippen LogP contribution in [0.5, 0.6) is 11.6 Å². The first kappa shape index (κ1) is 20.6. The van der Waals surface area contributed by atoms with Gasteiger partial charge in [-0.05, 0) is 57.0 Å². The summed E-state index contributed by atoms with van der Waals surface area (Å²) < 4.78 is 13.7. The molecule has 0 aliphatic carbocycles. The van der Waals surface area contributed by atoms with E-state index in [1.165, 1.54) is 4.88 Å². The second-order valence-corrected chi connectivity index (χ2v) is 9.36. The molecular formula is C24H25N5O2S. The number of hydrogen-bond donors (Lipinski definition) is 0. The predicted molar refractivity (Wildman–Crippen MR) is 125 cm³/mol. The molecule has 8 heteroatoms. The first-order valence-electron chi connectivity index (χ1n) is 10.8. The van der Waals surface area contributed by atoms with Gasteiger partial charge in [0.2, 0.25) is 5.88 Å². The first-order chi connectivity index (χ1) is 15.5. The van der Waals surface area contributed by atoms with E-state index < -0.39 is 0 Å². The van der Waals surface area contributed by atoms with E-state index in [1.807, 2.05) is 36.7 Å². The summed E-state index contributed by atoms with van der Waals surface area (Å²) >= 11 is 1.67. The molecule has 0 atom stereocenters. The van der Waals surface area contributed by atoms with Crippen LogP contribution in [0, 0.1) is 0 Å². The maximum Gasteiger partial charge on any atom is 0.214 e. The highest BCUT2D eigenvalue weighted by Crippen LogP contribution is 2.42. The molecule has 1 aliphatic rings. The molecule has 0 spiro atoms. The van der Waals surface area contributed by atoms with E-state index in [4.69, 9.17) is 14.5 Å². The van der Waals surface area contributed by atoms with Crippen LogP contribution in [0.2, 0.25) is 0 Å². The quantitative estimate of drug-likeness (QED) is 0.406. The highest BCUT2D eigenvalue weighted by Gasteiger charge is 2.24. The first-order valence-corrected chi connectivity index (χ1v) is 11.6. The molecule has 0 amide bonds. The van der Waals surface area contributed by atoms with Crippen molar-refractivity contribution in [3.05, 3.63) is 47.7 Å². The van der Waals surface area contributed by atoms with Crippen molar-refractivity contribution in [1.29, 1.82) is 0 Å². The van der Waals surface area contributed by atoms with Crippen molar-refractivity contribution in [3.8, 4) is 44.8 Å². The van der Waals surface area contributed by atoms with Crippen LogP contribution in [0.3, 0.4) is 0 Å². The average Bonchev–Trinajstić information content (AvgIpc) is 3.38. The standard InChI is InChI=1S/C24H25N5O2S/c1-14(2)29-23(26-13-27-29)24-28-22-18-11-16(5-6-19(18)30-10-8-20(22)32-24)17-7-9-25-21(12-17)31-15(3)4/h5-7,9,11-15H,8,10H2,1-4H3. The van der Waals surface area contributed by atoms with Gasteiger partial charge in [-0.2, -0.15) is 5.10 Å². The lowest BCUT2D eigenvalue weighted by Crippen LogP contribution is -2.06. The van der Waals surface area contributed by atoms with Gasteiger partial charge in [-0.15, -0.1) is 11.3 Å². The molecule has 5 rings (SSSR count). The van der Waals surface area contributed by atoms with Gasteiger partial charge in [-0.1, -0.05) is 6.07 Å². The van der Waals surface area contributed by atoms with Gasteiger partial charge < -0.3 is 9.47 Å². The Morgan fingerprint density at radius 3 is 2.72 bits per heavy atom. The van der Waals surface area contributed by atoms with Crippen molar-refractivity contribution in [2.45, 2.75) is 46.3 Å². The number of fused-ring (bicyclic) bond motifs is 3. The predicted octanol–water partition coefficient (Wildman–Crippen LogP) is 5.43. The van der Waals surface area contributed by atoms with Gasteiger partial charge in [0, 0.05) is 35.2 Å². The lowest BCUT2D eigenvalue weighted by Gasteiger charge is -2.12. The Kier molecular flexibility index (Phi) is 5.38. The Bertz CT molecular complexity index is 1260. The molecule has 0 radical (unpaired) electrons. The topological polar surface area (TPSA) is 75.0 Å². The van der Waals surface area contributed by atoms with E-state index in [-0.39, 0.29) is 12.1 Å². The highest BCUT2D eigenvalue weighted by atomic mass is 32.1. The summed E-state index contributed by atoms with van der Waals surface area (Å²) in [6.07, 6.45) is 4.26. The summed E-state index contributed by atoms with van der Waals surface area (Å²) in [7, 11) is 0. The van der Waals surface area contributed by atoms with Gasteiger partial charge in [0.1, 0.15) is 12.1 Å². The number of hydrogen-bond acceptors (Lipinski definition) is 7. The molecule has 0 saturated carbocycles. The lowest BCUT2D eigenvalue weighted by atomic mass is 10.0. The number of nitrogens with zero attached hydrogens (tertiary/aromatic N) is 5. The molecule has 4 heterocycles. The van der Waals surface area contributed by atoms with Crippen LogP contribution in [-0.2, 0) is 6.42 Å². The Hall–Kier alpha value is -3.26. The Morgan fingerprint density at radius 1 is 1.06 bits per heavy atom. The minimum absolute atomic E-state index is 0.0714. The van der Waals surface area contributed by atoms with Gasteiger partial charge in [-0.3, -0.25) is 0 Å². The van der Waals surface area contributed by atoms with Crippen LogP contribution in [0.1, 0.15) is 38.6 Å². The van der Waals surface area contributed by atoms with E-state index in [0.29, 0.717) is 12.5 Å². The second kappa shape index (κ2) is 8.35. The number of rotatable bonds is 5. The third kappa shape index (κ3) is 3.86. The van der Waals surface area contributed by atoms with Crippen LogP contribution < -0.4 is 9.47 Å². The highest BCUT2D eigenvalue weighted by molar-refractivity contribution is 7.15. The average molecular weight is 448 g/mol. The van der Waals surface area contributed by atoms with Crippen molar-refractivity contribution in [1.82, 2.24) is 24.7 Å². The molecule has 164 valence electrons. The number of thiazole rings is 1. The molecule has 0 unspecified atom stereocenters. The number of ether oxygens (including phenoxy) is 2. The fraction of sp³-hybridized carbons (Fsp3) is 0.333. The van der Waals surface area contributed by atoms with E-state index in [0.717, 1.165) is 45.4 Å². The Balaban J connectivity index is 1.58. The smallest absolute Gasteiger partial charge is 0.214 e. The van der Waals surface area contributed by atoms with Gasteiger partial charge in [0.25, 0.3) is 0 Å². The second-order valence-electron chi connectivity index (χ2n) is 8.27. The minimum atomic E-state index is 0.0714. The zero-order chi connectivity index (χ0) is 22.2. The molecule has 1 aliphatic heterocycles. The SMILES string of the molecule is CC(C)Oc1cc(-c2ccc3c(c2)-c2nc(-c4ncnn4C(C)C)sc2CCO3)ccn1. The van der Waals surface area contributed by atoms with E-state index in [1.54, 1.807) is 23.9 Å². The molecule has 1 aromatic carbocycles. The summed E-state index contributed by atoms with van der Waals surface area (Å²) in [5, 5.41) is 5.26. The number of aromatic nitrogens is 5. The fourth-order valence-electron chi connectivity index (χ4n) is 3.78. The normalized spacial score (nSPS) is 12.9. The van der Waals surface area contributed by atoms with Crippen molar-refractivity contribution >= 4 is 11.3 Å². The van der Waals surface area contributed by atoms with Crippen LogP contribution in [0.25, 0.3) is 33.2 Å². The zero-order valence-electron chi connectivity index (χ0n) is 18.6. The molecule has 0 saturated heterocycles. The molecular weight excluding hydrogens is 422 g/mol. The summed E-state index contributed by atoms with van der Waals surface area (Å²) in [6.45, 7) is 8.81.